The van der Waals surface area contributed by atoms with Crippen molar-refractivity contribution in [2.24, 2.45) is 0 Å². The van der Waals surface area contributed by atoms with Crippen molar-refractivity contribution in [1.29, 1.82) is 0 Å². The molecule has 16 heavy (non-hydrogen) atoms. The second kappa shape index (κ2) is 5.92. The molecule has 0 amide bonds. The van der Waals surface area contributed by atoms with Crippen LogP contribution in [0.5, 0.6) is 0 Å². The van der Waals surface area contributed by atoms with Gasteiger partial charge in [0, 0.05) is 30.9 Å². The molecule has 0 aromatic carbocycles. The first-order chi connectivity index (χ1) is 7.95. The molecule has 6 nitrogen and oxygen atoms in total. The lowest BCUT2D eigenvalue weighted by molar-refractivity contribution is 0.637. The Morgan fingerprint density at radius 3 is 2.81 bits per heavy atom. The molecule has 0 spiro atoms. The van der Waals surface area contributed by atoms with E-state index in [0.717, 1.165) is 37.3 Å². The van der Waals surface area contributed by atoms with Crippen LogP contribution in [0.4, 0.5) is 0 Å². The lowest BCUT2D eigenvalue weighted by Crippen LogP contribution is -2.15. The van der Waals surface area contributed by atoms with Gasteiger partial charge in [-0.2, -0.15) is 5.10 Å². The maximum atomic E-state index is 4.06. The smallest absolute Gasteiger partial charge is 0.137 e. The highest BCUT2D eigenvalue weighted by Gasteiger charge is 1.96. The van der Waals surface area contributed by atoms with Crippen LogP contribution in [0.25, 0.3) is 0 Å². The number of H-pyrrole nitrogens is 1. The molecule has 2 aromatic rings. The molecule has 0 unspecified atom stereocenters. The molecule has 2 N–H and O–H groups in total. The first-order valence-corrected chi connectivity index (χ1v) is 5.24. The Kier molecular flexibility index (Phi) is 3.95. The fraction of sp³-hybridized carbons (Fsp3) is 0.400. The average Bonchev–Trinajstić information content (AvgIpc) is 2.83. The summed E-state index contributed by atoms with van der Waals surface area (Å²) in [6.45, 7) is 1.74. The number of hydrogen-bond acceptors (Lipinski definition) is 5. The maximum absolute atomic E-state index is 4.06. The molecule has 6 heteroatoms. The summed E-state index contributed by atoms with van der Waals surface area (Å²) in [6.07, 6.45) is 8.64. The summed E-state index contributed by atoms with van der Waals surface area (Å²) in [5.74, 6) is 0.935. The van der Waals surface area contributed by atoms with Crippen molar-refractivity contribution in [3.63, 3.8) is 0 Å². The standard InChI is InChI=1S/C10H14N6/c1(2-10-14-8-15-16-10)3-11-4-9-5-12-7-13-6-9/h5-8,11H,1-4H2,(H,14,15,16). The van der Waals surface area contributed by atoms with Crippen molar-refractivity contribution >= 4 is 0 Å². The van der Waals surface area contributed by atoms with E-state index in [0.29, 0.717) is 0 Å². The molecule has 0 aliphatic carbocycles. The van der Waals surface area contributed by atoms with Gasteiger partial charge in [-0.05, 0) is 13.0 Å². The second-order valence-corrected chi connectivity index (χ2v) is 3.46. The molecular weight excluding hydrogens is 204 g/mol. The molecule has 0 bridgehead atoms. The van der Waals surface area contributed by atoms with Crippen LogP contribution in [-0.2, 0) is 13.0 Å². The largest absolute Gasteiger partial charge is 0.313 e. The molecule has 2 aromatic heterocycles. The summed E-state index contributed by atoms with van der Waals surface area (Å²) in [7, 11) is 0. The number of hydrogen-bond donors (Lipinski definition) is 2. The van der Waals surface area contributed by atoms with Gasteiger partial charge in [-0.1, -0.05) is 0 Å². The summed E-state index contributed by atoms with van der Waals surface area (Å²) in [5.41, 5.74) is 1.10. The molecular formula is C10H14N6. The van der Waals surface area contributed by atoms with Gasteiger partial charge in [-0.3, -0.25) is 5.10 Å². The summed E-state index contributed by atoms with van der Waals surface area (Å²) in [6, 6.07) is 0. The third kappa shape index (κ3) is 3.39. The van der Waals surface area contributed by atoms with Crippen molar-refractivity contribution in [2.75, 3.05) is 6.54 Å². The SMILES string of the molecule is c1ncc(CNCCCc2ncn[nH]2)cn1. The van der Waals surface area contributed by atoms with Crippen LogP contribution in [0.2, 0.25) is 0 Å². The van der Waals surface area contributed by atoms with Crippen LogP contribution < -0.4 is 5.32 Å². The van der Waals surface area contributed by atoms with E-state index in [2.05, 4.69) is 30.5 Å². The van der Waals surface area contributed by atoms with E-state index in [1.165, 1.54) is 12.7 Å². The van der Waals surface area contributed by atoms with Gasteiger partial charge in [-0.15, -0.1) is 0 Å². The predicted octanol–water partition coefficient (Wildman–Crippen LogP) is 0.317. The molecule has 0 saturated carbocycles. The fourth-order valence-electron chi connectivity index (χ4n) is 1.39. The van der Waals surface area contributed by atoms with Crippen molar-refractivity contribution < 1.29 is 0 Å². The third-order valence-corrected chi connectivity index (χ3v) is 2.18. The Hall–Kier alpha value is -1.82. The third-order valence-electron chi connectivity index (χ3n) is 2.18. The molecule has 0 fully saturated rings. The summed E-state index contributed by atoms with van der Waals surface area (Å²) < 4.78 is 0. The molecule has 0 aliphatic rings. The molecule has 0 aliphatic heterocycles. The van der Waals surface area contributed by atoms with Crippen LogP contribution in [0.15, 0.2) is 25.0 Å². The highest BCUT2D eigenvalue weighted by atomic mass is 15.2. The number of rotatable bonds is 6. The molecule has 0 saturated heterocycles. The molecule has 84 valence electrons. The van der Waals surface area contributed by atoms with E-state index >= 15 is 0 Å². The van der Waals surface area contributed by atoms with Gasteiger partial charge < -0.3 is 5.32 Å². The molecule has 0 radical (unpaired) electrons. The molecule has 2 rings (SSSR count). The van der Waals surface area contributed by atoms with Crippen molar-refractivity contribution in [3.8, 4) is 0 Å². The highest BCUT2D eigenvalue weighted by molar-refractivity contribution is 5.01. The van der Waals surface area contributed by atoms with Gasteiger partial charge in [0.1, 0.15) is 18.5 Å². The number of nitrogens with one attached hydrogen (secondary N) is 2. The second-order valence-electron chi connectivity index (χ2n) is 3.46. The Balaban J connectivity index is 1.59. The van der Waals surface area contributed by atoms with E-state index < -0.39 is 0 Å². The molecule has 2 heterocycles. The zero-order chi connectivity index (χ0) is 11.1. The average molecular weight is 218 g/mol. The zero-order valence-corrected chi connectivity index (χ0v) is 8.93. The van der Waals surface area contributed by atoms with E-state index in [1.54, 1.807) is 0 Å². The van der Waals surface area contributed by atoms with E-state index in [1.807, 2.05) is 12.4 Å². The van der Waals surface area contributed by atoms with E-state index in [-0.39, 0.29) is 0 Å². The minimum atomic E-state index is 0.803. The summed E-state index contributed by atoms with van der Waals surface area (Å²) in [4.78, 5) is 12.0. The number of aromatic amines is 1. The van der Waals surface area contributed by atoms with Crippen molar-refractivity contribution in [3.05, 3.63) is 36.4 Å². The van der Waals surface area contributed by atoms with Crippen LogP contribution >= 0.6 is 0 Å². The minimum Gasteiger partial charge on any atom is -0.313 e. The van der Waals surface area contributed by atoms with Crippen LogP contribution in [0.3, 0.4) is 0 Å². The normalized spacial score (nSPS) is 10.5. The maximum Gasteiger partial charge on any atom is 0.137 e. The highest BCUT2D eigenvalue weighted by Crippen LogP contribution is 1.94. The van der Waals surface area contributed by atoms with Gasteiger partial charge in [0.15, 0.2) is 0 Å². The predicted molar refractivity (Wildman–Crippen MR) is 58.4 cm³/mol. The van der Waals surface area contributed by atoms with E-state index in [4.69, 9.17) is 0 Å². The lowest BCUT2D eigenvalue weighted by atomic mass is 10.3. The Labute approximate surface area is 93.6 Å². The van der Waals surface area contributed by atoms with E-state index in [9.17, 15) is 0 Å². The minimum absolute atomic E-state index is 0.803. The van der Waals surface area contributed by atoms with Gasteiger partial charge in [0.05, 0.1) is 0 Å². The monoisotopic (exact) mass is 218 g/mol. The first kappa shape index (κ1) is 10.7. The van der Waals surface area contributed by atoms with Crippen molar-refractivity contribution in [2.45, 2.75) is 19.4 Å². The Bertz CT molecular complexity index is 385. The number of aromatic nitrogens is 5. The zero-order valence-electron chi connectivity index (χ0n) is 8.93. The first-order valence-electron chi connectivity index (χ1n) is 5.24. The van der Waals surface area contributed by atoms with Crippen LogP contribution in [0, 0.1) is 0 Å². The fourth-order valence-corrected chi connectivity index (χ4v) is 1.39. The number of nitrogens with zero attached hydrogens (tertiary/aromatic N) is 4. The van der Waals surface area contributed by atoms with Gasteiger partial charge in [-0.25, -0.2) is 15.0 Å². The molecule has 0 atom stereocenters. The van der Waals surface area contributed by atoms with Gasteiger partial charge in [0.2, 0.25) is 0 Å². The summed E-state index contributed by atoms with van der Waals surface area (Å²) >= 11 is 0. The van der Waals surface area contributed by atoms with Gasteiger partial charge >= 0.3 is 0 Å². The van der Waals surface area contributed by atoms with Crippen LogP contribution in [-0.4, -0.2) is 31.7 Å². The summed E-state index contributed by atoms with van der Waals surface area (Å²) in [5, 5.41) is 9.95. The Morgan fingerprint density at radius 1 is 1.19 bits per heavy atom. The quantitative estimate of drug-likeness (QED) is 0.682. The lowest BCUT2D eigenvalue weighted by Gasteiger charge is -2.02. The number of aryl methyl sites for hydroxylation is 1. The van der Waals surface area contributed by atoms with Gasteiger partial charge in [0.25, 0.3) is 0 Å². The van der Waals surface area contributed by atoms with Crippen molar-refractivity contribution in [1.82, 2.24) is 30.5 Å². The topological polar surface area (TPSA) is 79.4 Å². The Morgan fingerprint density at radius 2 is 2.06 bits per heavy atom. The van der Waals surface area contributed by atoms with Crippen LogP contribution in [0.1, 0.15) is 17.8 Å².